The molecule has 2 aliphatic rings. The van der Waals surface area contributed by atoms with Gasteiger partial charge in [0.15, 0.2) is 5.96 Å². The monoisotopic (exact) mass is 535 g/mol. The Morgan fingerprint density at radius 1 is 1.10 bits per heavy atom. The number of nitrogens with zero attached hydrogens (tertiary/aromatic N) is 4. The summed E-state index contributed by atoms with van der Waals surface area (Å²) in [7, 11) is 0. The standard InChI is InChI=1S/C24H33N5O.HI/c1-2-25-24(29-16-14-28(15-17-29)22-12-6-7-13-26-22)27-19-21-11-8-18-30-23(21)20-9-4-3-5-10-20;/h3-7,9-10,12-13,21,23H,2,8,11,14-19H2,1H3,(H,25,27);1H. The molecule has 2 aromatic rings. The molecule has 0 aliphatic carbocycles. The van der Waals surface area contributed by atoms with E-state index < -0.39 is 0 Å². The summed E-state index contributed by atoms with van der Waals surface area (Å²) in [5.41, 5.74) is 1.27. The van der Waals surface area contributed by atoms with Crippen LogP contribution in [0.2, 0.25) is 0 Å². The zero-order valence-electron chi connectivity index (χ0n) is 18.3. The Labute approximate surface area is 203 Å². The summed E-state index contributed by atoms with van der Waals surface area (Å²) in [6.45, 7) is 8.47. The van der Waals surface area contributed by atoms with Crippen LogP contribution in [0, 0.1) is 5.92 Å². The van der Waals surface area contributed by atoms with Gasteiger partial charge in [-0.3, -0.25) is 4.99 Å². The molecule has 1 aromatic carbocycles. The minimum atomic E-state index is 0. The van der Waals surface area contributed by atoms with Crippen LogP contribution in [0.4, 0.5) is 5.82 Å². The van der Waals surface area contributed by atoms with Crippen molar-refractivity contribution in [2.24, 2.45) is 10.9 Å². The van der Waals surface area contributed by atoms with E-state index in [9.17, 15) is 0 Å². The molecule has 0 spiro atoms. The Hall–Kier alpha value is -1.87. The van der Waals surface area contributed by atoms with E-state index in [0.29, 0.717) is 5.92 Å². The fraction of sp³-hybridized carbons (Fsp3) is 0.500. The predicted octanol–water partition coefficient (Wildman–Crippen LogP) is 3.96. The summed E-state index contributed by atoms with van der Waals surface area (Å²) in [6, 6.07) is 16.7. The number of halogens is 1. The zero-order valence-corrected chi connectivity index (χ0v) is 20.7. The molecule has 0 radical (unpaired) electrons. The lowest BCUT2D eigenvalue weighted by molar-refractivity contribution is -0.0250. The van der Waals surface area contributed by atoms with Gasteiger partial charge < -0.3 is 19.9 Å². The van der Waals surface area contributed by atoms with Crippen molar-refractivity contribution >= 4 is 35.8 Å². The van der Waals surface area contributed by atoms with Crippen molar-refractivity contribution in [1.82, 2.24) is 15.2 Å². The first-order valence-electron chi connectivity index (χ1n) is 11.2. The highest BCUT2D eigenvalue weighted by atomic mass is 127. The van der Waals surface area contributed by atoms with Crippen LogP contribution in [0.25, 0.3) is 0 Å². The summed E-state index contributed by atoms with van der Waals surface area (Å²) < 4.78 is 6.16. The number of hydrogen-bond acceptors (Lipinski definition) is 4. The van der Waals surface area contributed by atoms with E-state index in [2.05, 4.69) is 69.5 Å². The smallest absolute Gasteiger partial charge is 0.194 e. The van der Waals surface area contributed by atoms with Crippen LogP contribution in [0.1, 0.15) is 31.4 Å². The molecule has 2 atom stereocenters. The van der Waals surface area contributed by atoms with Gasteiger partial charge in [0.25, 0.3) is 0 Å². The molecule has 31 heavy (non-hydrogen) atoms. The number of aliphatic imine (C=N–C) groups is 1. The predicted molar refractivity (Wildman–Crippen MR) is 137 cm³/mol. The van der Waals surface area contributed by atoms with Crippen molar-refractivity contribution in [3.63, 3.8) is 0 Å². The van der Waals surface area contributed by atoms with Crippen molar-refractivity contribution in [2.45, 2.75) is 25.9 Å². The summed E-state index contributed by atoms with van der Waals surface area (Å²) in [6.07, 6.45) is 4.29. The average molecular weight is 535 g/mol. The molecule has 0 saturated carbocycles. The van der Waals surface area contributed by atoms with Gasteiger partial charge in [0.2, 0.25) is 0 Å². The van der Waals surface area contributed by atoms with E-state index >= 15 is 0 Å². The maximum atomic E-state index is 6.16. The van der Waals surface area contributed by atoms with Gasteiger partial charge in [-0.1, -0.05) is 36.4 Å². The quantitative estimate of drug-likeness (QED) is 0.357. The number of aromatic nitrogens is 1. The van der Waals surface area contributed by atoms with Crippen molar-refractivity contribution in [1.29, 1.82) is 0 Å². The third kappa shape index (κ3) is 6.32. The number of rotatable bonds is 5. The highest BCUT2D eigenvalue weighted by Crippen LogP contribution is 2.33. The van der Waals surface area contributed by atoms with Gasteiger partial charge in [0, 0.05) is 58.0 Å². The topological polar surface area (TPSA) is 53.0 Å². The van der Waals surface area contributed by atoms with Crippen molar-refractivity contribution in [3.8, 4) is 0 Å². The van der Waals surface area contributed by atoms with Gasteiger partial charge in [-0.25, -0.2) is 4.98 Å². The SMILES string of the molecule is CCNC(=NCC1CCCOC1c1ccccc1)N1CCN(c2ccccn2)CC1.I. The van der Waals surface area contributed by atoms with E-state index in [1.165, 1.54) is 5.56 Å². The summed E-state index contributed by atoms with van der Waals surface area (Å²) >= 11 is 0. The molecule has 6 nitrogen and oxygen atoms in total. The second kappa shape index (κ2) is 12.2. The number of nitrogens with one attached hydrogen (secondary N) is 1. The Balaban J connectivity index is 0.00000272. The van der Waals surface area contributed by atoms with Gasteiger partial charge in [0.05, 0.1) is 6.10 Å². The van der Waals surface area contributed by atoms with E-state index in [1.54, 1.807) is 0 Å². The largest absolute Gasteiger partial charge is 0.373 e. The molecule has 2 unspecified atom stereocenters. The zero-order chi connectivity index (χ0) is 20.6. The lowest BCUT2D eigenvalue weighted by Crippen LogP contribution is -2.53. The van der Waals surface area contributed by atoms with Crippen LogP contribution in [0.3, 0.4) is 0 Å². The van der Waals surface area contributed by atoms with Gasteiger partial charge in [-0.05, 0) is 37.5 Å². The van der Waals surface area contributed by atoms with Crippen molar-refractivity contribution in [2.75, 3.05) is 50.8 Å². The molecular weight excluding hydrogens is 501 g/mol. The van der Waals surface area contributed by atoms with Crippen molar-refractivity contribution in [3.05, 3.63) is 60.3 Å². The Bertz CT molecular complexity index is 796. The molecule has 2 saturated heterocycles. The number of pyridine rings is 1. The number of hydrogen-bond donors (Lipinski definition) is 1. The third-order valence-electron chi connectivity index (χ3n) is 5.94. The Morgan fingerprint density at radius 2 is 1.87 bits per heavy atom. The van der Waals surface area contributed by atoms with Gasteiger partial charge >= 0.3 is 0 Å². The molecule has 1 aromatic heterocycles. The number of benzene rings is 1. The molecule has 0 bridgehead atoms. The minimum Gasteiger partial charge on any atom is -0.373 e. The van der Waals surface area contributed by atoms with E-state index in [-0.39, 0.29) is 30.1 Å². The second-order valence-corrected chi connectivity index (χ2v) is 7.96. The van der Waals surface area contributed by atoms with E-state index in [1.807, 2.05) is 12.3 Å². The van der Waals surface area contributed by atoms with Gasteiger partial charge in [-0.15, -0.1) is 24.0 Å². The maximum absolute atomic E-state index is 6.16. The van der Waals surface area contributed by atoms with Crippen LogP contribution in [0.5, 0.6) is 0 Å². The lowest BCUT2D eigenvalue weighted by atomic mass is 9.89. The third-order valence-corrected chi connectivity index (χ3v) is 5.94. The molecule has 3 heterocycles. The molecule has 4 rings (SSSR count). The number of piperazine rings is 1. The van der Waals surface area contributed by atoms with Crippen LogP contribution in [-0.2, 0) is 4.74 Å². The fourth-order valence-corrected chi connectivity index (χ4v) is 4.36. The first kappa shape index (κ1) is 23.8. The Morgan fingerprint density at radius 3 is 2.58 bits per heavy atom. The van der Waals surface area contributed by atoms with Crippen LogP contribution in [0.15, 0.2) is 59.7 Å². The molecule has 2 fully saturated rings. The molecule has 0 amide bonds. The number of anilines is 1. The fourth-order valence-electron chi connectivity index (χ4n) is 4.36. The number of ether oxygens (including phenoxy) is 1. The summed E-state index contributed by atoms with van der Waals surface area (Å²) in [5, 5.41) is 3.50. The summed E-state index contributed by atoms with van der Waals surface area (Å²) in [4.78, 5) is 14.3. The molecule has 168 valence electrons. The normalized spacial score (nSPS) is 22.0. The summed E-state index contributed by atoms with van der Waals surface area (Å²) in [5.74, 6) is 2.50. The van der Waals surface area contributed by atoms with Gasteiger partial charge in [-0.2, -0.15) is 0 Å². The molecular formula is C24H34IN5O. The van der Waals surface area contributed by atoms with Crippen LogP contribution in [-0.4, -0.2) is 61.7 Å². The second-order valence-electron chi connectivity index (χ2n) is 7.96. The highest BCUT2D eigenvalue weighted by Gasteiger charge is 2.28. The lowest BCUT2D eigenvalue weighted by Gasteiger charge is -2.37. The average Bonchev–Trinajstić information content (AvgIpc) is 2.83. The first-order valence-corrected chi connectivity index (χ1v) is 11.2. The molecule has 7 heteroatoms. The van der Waals surface area contributed by atoms with Crippen LogP contribution >= 0.6 is 24.0 Å². The van der Waals surface area contributed by atoms with Crippen molar-refractivity contribution < 1.29 is 4.74 Å². The van der Waals surface area contributed by atoms with E-state index in [0.717, 1.165) is 70.5 Å². The van der Waals surface area contributed by atoms with E-state index in [4.69, 9.17) is 9.73 Å². The Kier molecular flexibility index (Phi) is 9.39. The highest BCUT2D eigenvalue weighted by molar-refractivity contribution is 14.0. The minimum absolute atomic E-state index is 0. The van der Waals surface area contributed by atoms with Gasteiger partial charge in [0.1, 0.15) is 5.82 Å². The molecule has 2 aliphatic heterocycles. The first-order chi connectivity index (χ1) is 14.8. The number of guanidine groups is 1. The van der Waals surface area contributed by atoms with Crippen LogP contribution < -0.4 is 10.2 Å². The maximum Gasteiger partial charge on any atom is 0.194 e. The molecule has 1 N–H and O–H groups in total.